The van der Waals surface area contributed by atoms with Crippen LogP contribution in [0.25, 0.3) is 0 Å². The van der Waals surface area contributed by atoms with Crippen molar-refractivity contribution in [1.82, 2.24) is 4.90 Å². The Morgan fingerprint density at radius 2 is 1.81 bits per heavy atom. The summed E-state index contributed by atoms with van der Waals surface area (Å²) in [6.07, 6.45) is 2.81. The van der Waals surface area contributed by atoms with Crippen LogP contribution in [0.5, 0.6) is 0 Å². The molecule has 5 heteroatoms. The average molecular weight is 347 g/mol. The number of anilines is 1. The van der Waals surface area contributed by atoms with E-state index in [1.807, 2.05) is 24.3 Å². The summed E-state index contributed by atoms with van der Waals surface area (Å²) in [5.74, 6) is -0.621. The fraction of sp³-hybridized carbons (Fsp3) is 0.286. The molecule has 0 bridgehead atoms. The van der Waals surface area contributed by atoms with E-state index in [2.05, 4.69) is 17.4 Å². The second-order valence-corrected chi connectivity index (χ2v) is 6.57. The lowest BCUT2D eigenvalue weighted by Gasteiger charge is -2.31. The second-order valence-electron chi connectivity index (χ2n) is 6.57. The van der Waals surface area contributed by atoms with Gasteiger partial charge in [0.05, 0.1) is 11.6 Å². The van der Waals surface area contributed by atoms with Crippen LogP contribution in [0.15, 0.2) is 54.6 Å². The van der Waals surface area contributed by atoms with E-state index >= 15 is 0 Å². The number of carbonyl (C=O) groups is 2. The van der Waals surface area contributed by atoms with Crippen molar-refractivity contribution in [3.8, 4) is 6.07 Å². The van der Waals surface area contributed by atoms with Crippen LogP contribution in [-0.2, 0) is 16.0 Å². The molecule has 132 valence electrons. The summed E-state index contributed by atoms with van der Waals surface area (Å²) in [7, 11) is 0. The van der Waals surface area contributed by atoms with E-state index in [1.165, 1.54) is 5.56 Å². The summed E-state index contributed by atoms with van der Waals surface area (Å²) in [6.45, 7) is 1.20. The van der Waals surface area contributed by atoms with Gasteiger partial charge in [-0.3, -0.25) is 9.59 Å². The number of rotatable bonds is 3. The number of hydrogen-bond acceptors (Lipinski definition) is 3. The number of hydrogen-bond donors (Lipinski definition) is 1. The van der Waals surface area contributed by atoms with Crippen LogP contribution < -0.4 is 5.32 Å². The van der Waals surface area contributed by atoms with Gasteiger partial charge in [0.25, 0.3) is 0 Å². The molecular weight excluding hydrogens is 326 g/mol. The van der Waals surface area contributed by atoms with Gasteiger partial charge < -0.3 is 10.2 Å². The molecule has 1 heterocycles. The van der Waals surface area contributed by atoms with E-state index in [1.54, 1.807) is 29.2 Å². The van der Waals surface area contributed by atoms with Crippen LogP contribution in [0.2, 0.25) is 0 Å². The van der Waals surface area contributed by atoms with Crippen molar-refractivity contribution in [3.63, 3.8) is 0 Å². The van der Waals surface area contributed by atoms with Crippen LogP contribution in [0.1, 0.15) is 24.0 Å². The number of amides is 2. The fourth-order valence-corrected chi connectivity index (χ4v) is 3.28. The number of nitrogens with zero attached hydrogens (tertiary/aromatic N) is 2. The predicted molar refractivity (Wildman–Crippen MR) is 99.2 cm³/mol. The van der Waals surface area contributed by atoms with Crippen LogP contribution in [0, 0.1) is 17.2 Å². The molecule has 0 atom stereocenters. The van der Waals surface area contributed by atoms with Gasteiger partial charge in [-0.1, -0.05) is 36.4 Å². The SMILES string of the molecule is N#Cc1cccc(NC(=O)C(=O)N2CCC(Cc3ccccc3)CC2)c1. The van der Waals surface area contributed by atoms with Crippen LogP contribution >= 0.6 is 0 Å². The molecule has 0 aliphatic carbocycles. The molecule has 0 aromatic heterocycles. The molecule has 0 radical (unpaired) electrons. The summed E-state index contributed by atoms with van der Waals surface area (Å²) >= 11 is 0. The maximum absolute atomic E-state index is 12.4. The Bertz CT molecular complexity index is 819. The van der Waals surface area contributed by atoms with Crippen molar-refractivity contribution in [1.29, 1.82) is 5.26 Å². The van der Waals surface area contributed by atoms with Crippen molar-refractivity contribution in [3.05, 3.63) is 65.7 Å². The molecular formula is C21H21N3O2. The first kappa shape index (κ1) is 17.7. The monoisotopic (exact) mass is 347 g/mol. The van der Waals surface area contributed by atoms with Gasteiger partial charge in [-0.2, -0.15) is 5.26 Å². The van der Waals surface area contributed by atoms with Crippen LogP contribution in [0.4, 0.5) is 5.69 Å². The lowest BCUT2D eigenvalue weighted by atomic mass is 9.90. The molecule has 2 aromatic carbocycles. The fourth-order valence-electron chi connectivity index (χ4n) is 3.28. The molecule has 0 saturated carbocycles. The Hall–Kier alpha value is -3.13. The first-order valence-corrected chi connectivity index (χ1v) is 8.80. The molecule has 3 rings (SSSR count). The Morgan fingerprint density at radius 1 is 1.08 bits per heavy atom. The number of nitrogens with one attached hydrogen (secondary N) is 1. The van der Waals surface area contributed by atoms with Crippen LogP contribution in [0.3, 0.4) is 0 Å². The highest BCUT2D eigenvalue weighted by Gasteiger charge is 2.27. The first-order chi connectivity index (χ1) is 12.7. The quantitative estimate of drug-likeness (QED) is 0.868. The van der Waals surface area contributed by atoms with E-state index < -0.39 is 11.8 Å². The standard InChI is InChI=1S/C21H21N3O2/c22-15-18-7-4-8-19(14-18)23-20(25)21(26)24-11-9-17(10-12-24)13-16-5-2-1-3-6-16/h1-8,14,17H,9-13H2,(H,23,25). The second kappa shape index (κ2) is 8.30. The zero-order chi connectivity index (χ0) is 18.4. The van der Waals surface area contributed by atoms with Gasteiger partial charge in [0, 0.05) is 18.8 Å². The molecule has 1 aliphatic heterocycles. The van der Waals surface area contributed by atoms with Crippen molar-refractivity contribution in [2.45, 2.75) is 19.3 Å². The van der Waals surface area contributed by atoms with Gasteiger partial charge in [0.15, 0.2) is 0 Å². The predicted octanol–water partition coefficient (Wildman–Crippen LogP) is 2.98. The van der Waals surface area contributed by atoms with Gasteiger partial charge in [-0.05, 0) is 48.9 Å². The lowest BCUT2D eigenvalue weighted by molar-refractivity contribution is -0.144. The zero-order valence-corrected chi connectivity index (χ0v) is 14.5. The van der Waals surface area contributed by atoms with E-state index in [0.717, 1.165) is 19.3 Å². The molecule has 26 heavy (non-hydrogen) atoms. The third kappa shape index (κ3) is 4.48. The third-order valence-electron chi connectivity index (χ3n) is 4.71. The summed E-state index contributed by atoms with van der Waals surface area (Å²) in [5.41, 5.74) is 2.21. The smallest absolute Gasteiger partial charge is 0.313 e. The molecule has 1 N–H and O–H groups in total. The summed E-state index contributed by atoms with van der Waals surface area (Å²) in [4.78, 5) is 26.2. The van der Waals surface area contributed by atoms with Crippen molar-refractivity contribution in [2.24, 2.45) is 5.92 Å². The number of nitriles is 1. The Balaban J connectivity index is 1.51. The topological polar surface area (TPSA) is 73.2 Å². The Morgan fingerprint density at radius 3 is 2.50 bits per heavy atom. The normalized spacial score (nSPS) is 14.5. The molecule has 2 aromatic rings. The maximum atomic E-state index is 12.4. The number of carbonyl (C=O) groups excluding carboxylic acids is 2. The lowest BCUT2D eigenvalue weighted by Crippen LogP contribution is -2.44. The number of benzene rings is 2. The van der Waals surface area contributed by atoms with E-state index in [4.69, 9.17) is 5.26 Å². The highest BCUT2D eigenvalue weighted by atomic mass is 16.2. The number of piperidine rings is 1. The third-order valence-corrected chi connectivity index (χ3v) is 4.71. The van der Waals surface area contributed by atoms with Gasteiger partial charge in [-0.25, -0.2) is 0 Å². The molecule has 1 aliphatic rings. The summed E-state index contributed by atoms with van der Waals surface area (Å²) < 4.78 is 0. The van der Waals surface area contributed by atoms with Crippen LogP contribution in [-0.4, -0.2) is 29.8 Å². The minimum Gasteiger partial charge on any atom is -0.334 e. The molecule has 2 amide bonds. The van der Waals surface area contributed by atoms with E-state index in [-0.39, 0.29) is 0 Å². The number of likely N-dealkylation sites (tertiary alicyclic amines) is 1. The minimum absolute atomic E-state index is 0.442. The molecule has 0 spiro atoms. The highest BCUT2D eigenvalue weighted by molar-refractivity contribution is 6.39. The summed E-state index contributed by atoms with van der Waals surface area (Å²) in [6, 6.07) is 18.9. The zero-order valence-electron chi connectivity index (χ0n) is 14.5. The van der Waals surface area contributed by atoms with Gasteiger partial charge in [0.1, 0.15) is 0 Å². The van der Waals surface area contributed by atoms with E-state index in [0.29, 0.717) is 30.3 Å². The van der Waals surface area contributed by atoms with Gasteiger partial charge in [0.2, 0.25) is 0 Å². The maximum Gasteiger partial charge on any atom is 0.313 e. The minimum atomic E-state index is -0.651. The summed E-state index contributed by atoms with van der Waals surface area (Å²) in [5, 5.41) is 11.5. The van der Waals surface area contributed by atoms with Gasteiger partial charge in [-0.15, -0.1) is 0 Å². The van der Waals surface area contributed by atoms with Crippen molar-refractivity contribution in [2.75, 3.05) is 18.4 Å². The van der Waals surface area contributed by atoms with Crippen molar-refractivity contribution >= 4 is 17.5 Å². The molecule has 1 fully saturated rings. The van der Waals surface area contributed by atoms with Gasteiger partial charge >= 0.3 is 11.8 Å². The Kier molecular flexibility index (Phi) is 5.65. The average Bonchev–Trinajstić information content (AvgIpc) is 2.69. The van der Waals surface area contributed by atoms with E-state index in [9.17, 15) is 9.59 Å². The Labute approximate surface area is 153 Å². The first-order valence-electron chi connectivity index (χ1n) is 8.80. The highest BCUT2D eigenvalue weighted by Crippen LogP contribution is 2.22. The molecule has 0 unspecified atom stereocenters. The van der Waals surface area contributed by atoms with Crippen molar-refractivity contribution < 1.29 is 9.59 Å². The largest absolute Gasteiger partial charge is 0.334 e. The molecule has 1 saturated heterocycles. The molecule has 5 nitrogen and oxygen atoms in total.